The molecule has 0 unspecified atom stereocenters. The highest BCUT2D eigenvalue weighted by Crippen LogP contribution is 2.17. The number of allylic oxidation sites excluding steroid dienone is 1. The Hall–Kier alpha value is -2.28. The van der Waals surface area contributed by atoms with Crippen molar-refractivity contribution in [1.29, 1.82) is 0 Å². The molecule has 0 N–H and O–H groups in total. The van der Waals surface area contributed by atoms with Gasteiger partial charge in [0.05, 0.1) is 0 Å². The van der Waals surface area contributed by atoms with E-state index in [1.54, 1.807) is 12.1 Å². The average molecular weight is 402 g/mol. The lowest BCUT2D eigenvalue weighted by molar-refractivity contribution is 0.298. The molecule has 0 aromatic heterocycles. The molecule has 0 saturated carbocycles. The molecule has 0 heterocycles. The van der Waals surface area contributed by atoms with Crippen LogP contribution in [-0.4, -0.2) is 18.5 Å². The maximum atomic E-state index is 13.7. The lowest BCUT2D eigenvalue weighted by Gasteiger charge is -2.15. The molecule has 0 radical (unpaired) electrons. The monoisotopic (exact) mass is 401 g/mol. The maximum absolute atomic E-state index is 13.7. The molecule has 0 saturated heterocycles. The molecular weight excluding hydrogens is 373 g/mol. The minimum Gasteiger partial charge on any atom is -0.489 e. The number of hydrogen-bond donors (Lipinski definition) is 0. The zero-order chi connectivity index (χ0) is 19.7. The van der Waals surface area contributed by atoms with Gasteiger partial charge in [0.2, 0.25) is 0 Å². The Labute approximate surface area is 174 Å². The van der Waals surface area contributed by atoms with E-state index >= 15 is 0 Å². The Morgan fingerprint density at radius 3 is 2.57 bits per heavy atom. The van der Waals surface area contributed by atoms with E-state index in [9.17, 15) is 4.39 Å². The summed E-state index contributed by atoms with van der Waals surface area (Å²) in [6.45, 7) is 8.14. The summed E-state index contributed by atoms with van der Waals surface area (Å²) in [6.07, 6.45) is 3.98. The van der Waals surface area contributed by atoms with Crippen LogP contribution in [-0.2, 0) is 13.2 Å². The molecule has 0 aliphatic carbocycles. The van der Waals surface area contributed by atoms with Crippen LogP contribution in [0.25, 0.3) is 0 Å². The lowest BCUT2D eigenvalue weighted by Crippen LogP contribution is -2.17. The van der Waals surface area contributed by atoms with Gasteiger partial charge in [-0.15, -0.1) is 12.4 Å². The molecule has 2 nitrogen and oxygen atoms in total. The van der Waals surface area contributed by atoms with Gasteiger partial charge in [0.25, 0.3) is 0 Å². The zero-order valence-electron chi connectivity index (χ0n) is 17.0. The topological polar surface area (TPSA) is 12.5 Å². The van der Waals surface area contributed by atoms with E-state index in [4.69, 9.17) is 4.74 Å². The van der Waals surface area contributed by atoms with Gasteiger partial charge in [-0.3, -0.25) is 4.90 Å². The van der Waals surface area contributed by atoms with Crippen molar-refractivity contribution in [3.05, 3.63) is 77.6 Å². The summed E-state index contributed by atoms with van der Waals surface area (Å²) in [5, 5.41) is 0. The van der Waals surface area contributed by atoms with Crippen LogP contribution in [0, 0.1) is 23.1 Å². The molecule has 2 aromatic carbocycles. The van der Waals surface area contributed by atoms with Gasteiger partial charge in [-0.2, -0.15) is 0 Å². The summed E-state index contributed by atoms with van der Waals surface area (Å²) >= 11 is 0. The second-order valence-electron chi connectivity index (χ2n) is 7.65. The van der Waals surface area contributed by atoms with Crippen molar-refractivity contribution in [3.8, 4) is 17.6 Å². The molecule has 28 heavy (non-hydrogen) atoms. The van der Waals surface area contributed by atoms with Gasteiger partial charge in [0, 0.05) is 24.1 Å². The molecule has 0 bridgehead atoms. The fraction of sp³-hybridized carbons (Fsp3) is 0.333. The minimum atomic E-state index is -0.241. The summed E-state index contributed by atoms with van der Waals surface area (Å²) in [5.74, 6) is 6.77. The van der Waals surface area contributed by atoms with Gasteiger partial charge in [0.15, 0.2) is 0 Å². The molecule has 2 rings (SSSR count). The largest absolute Gasteiger partial charge is 0.489 e. The third-order valence-electron chi connectivity index (χ3n) is 3.77. The van der Waals surface area contributed by atoms with Crippen molar-refractivity contribution >= 4 is 12.4 Å². The van der Waals surface area contributed by atoms with Crippen LogP contribution in [0.4, 0.5) is 4.39 Å². The molecule has 0 aliphatic heterocycles. The second-order valence-corrected chi connectivity index (χ2v) is 7.65. The maximum Gasteiger partial charge on any atom is 0.129 e. The highest BCUT2D eigenvalue weighted by molar-refractivity contribution is 5.85. The van der Waals surface area contributed by atoms with E-state index in [0.29, 0.717) is 5.56 Å². The number of hydrogen-bond acceptors (Lipinski definition) is 2. The van der Waals surface area contributed by atoms with Crippen molar-refractivity contribution in [2.24, 2.45) is 5.41 Å². The number of halogens is 2. The van der Waals surface area contributed by atoms with E-state index in [1.165, 1.54) is 6.07 Å². The van der Waals surface area contributed by atoms with Crippen molar-refractivity contribution in [1.82, 2.24) is 4.90 Å². The van der Waals surface area contributed by atoms with Gasteiger partial charge in [-0.05, 0) is 57.7 Å². The van der Waals surface area contributed by atoms with Crippen LogP contribution in [0.2, 0.25) is 0 Å². The van der Waals surface area contributed by atoms with Gasteiger partial charge in [-0.1, -0.05) is 48.2 Å². The summed E-state index contributed by atoms with van der Waals surface area (Å²) in [5.41, 5.74) is 1.73. The molecule has 0 atom stereocenters. The van der Waals surface area contributed by atoms with Crippen molar-refractivity contribution in [3.63, 3.8) is 0 Å². The number of benzene rings is 2. The Balaban J connectivity index is 0.00000392. The first-order chi connectivity index (χ1) is 12.8. The summed E-state index contributed by atoms with van der Waals surface area (Å²) in [6, 6.07) is 14.6. The van der Waals surface area contributed by atoms with Crippen molar-refractivity contribution < 1.29 is 9.13 Å². The third-order valence-corrected chi connectivity index (χ3v) is 3.77. The quantitative estimate of drug-likeness (QED) is 0.538. The molecule has 0 fully saturated rings. The molecule has 0 amide bonds. The Morgan fingerprint density at radius 1 is 1.11 bits per heavy atom. The van der Waals surface area contributed by atoms with Crippen LogP contribution in [0.15, 0.2) is 60.7 Å². The van der Waals surface area contributed by atoms with Gasteiger partial charge >= 0.3 is 0 Å². The first-order valence-electron chi connectivity index (χ1n) is 9.15. The van der Waals surface area contributed by atoms with E-state index in [0.717, 1.165) is 24.4 Å². The normalized spacial score (nSPS) is 11.1. The van der Waals surface area contributed by atoms with Crippen LogP contribution < -0.4 is 4.74 Å². The zero-order valence-corrected chi connectivity index (χ0v) is 17.9. The van der Waals surface area contributed by atoms with E-state index in [2.05, 4.69) is 56.7 Å². The molecule has 4 heteroatoms. The third kappa shape index (κ3) is 9.08. The number of ether oxygens (including phenoxy) is 1. The van der Waals surface area contributed by atoms with Gasteiger partial charge in [0.1, 0.15) is 18.2 Å². The smallest absolute Gasteiger partial charge is 0.129 e. The van der Waals surface area contributed by atoms with Crippen molar-refractivity contribution in [2.45, 2.75) is 33.9 Å². The highest BCUT2D eigenvalue weighted by atomic mass is 35.5. The summed E-state index contributed by atoms with van der Waals surface area (Å²) in [4.78, 5) is 2.20. The van der Waals surface area contributed by atoms with Crippen LogP contribution >= 0.6 is 12.4 Å². The van der Waals surface area contributed by atoms with Crippen LogP contribution in [0.3, 0.4) is 0 Å². The molecule has 0 spiro atoms. The summed E-state index contributed by atoms with van der Waals surface area (Å²) < 4.78 is 19.4. The molecule has 0 aliphatic rings. The van der Waals surface area contributed by atoms with Crippen molar-refractivity contribution in [2.75, 3.05) is 13.6 Å². The molecular formula is C24H29ClFNO. The molecule has 150 valence electrons. The van der Waals surface area contributed by atoms with E-state index in [1.807, 2.05) is 30.3 Å². The van der Waals surface area contributed by atoms with Gasteiger partial charge in [-0.25, -0.2) is 4.39 Å². The number of rotatable bonds is 7. The SMILES string of the molecule is CN(CC=CC#CC(C)(C)C)Cc1cccc(OCc2ccccc2F)c1.Cl. The van der Waals surface area contributed by atoms with E-state index < -0.39 is 0 Å². The standard InChI is InChI=1S/C24H28FNO.ClH/c1-24(2,3)15-8-5-9-16-26(4)18-20-11-10-13-22(17-20)27-19-21-12-6-7-14-23(21)25;/h5-7,9-14,17H,16,18-19H2,1-4H3;1H. The Morgan fingerprint density at radius 2 is 1.86 bits per heavy atom. The van der Waals surface area contributed by atoms with E-state index in [-0.39, 0.29) is 30.2 Å². The highest BCUT2D eigenvalue weighted by Gasteiger charge is 2.04. The molecule has 2 aromatic rings. The number of nitrogens with zero attached hydrogens (tertiary/aromatic N) is 1. The number of likely N-dealkylation sites (N-methyl/N-ethyl adjacent to an activating group) is 1. The Kier molecular flexibility index (Phi) is 9.79. The van der Waals surface area contributed by atoms with Crippen LogP contribution in [0.1, 0.15) is 31.9 Å². The summed E-state index contributed by atoms with van der Waals surface area (Å²) in [7, 11) is 2.06. The second kappa shape index (κ2) is 11.5. The minimum absolute atomic E-state index is 0. The predicted molar refractivity (Wildman–Crippen MR) is 117 cm³/mol. The first kappa shape index (κ1) is 23.8. The fourth-order valence-corrected chi connectivity index (χ4v) is 2.44. The lowest BCUT2D eigenvalue weighted by atomic mass is 9.98. The van der Waals surface area contributed by atoms with Gasteiger partial charge < -0.3 is 4.74 Å². The average Bonchev–Trinajstić information content (AvgIpc) is 2.60. The predicted octanol–water partition coefficient (Wildman–Crippen LogP) is 5.86. The fourth-order valence-electron chi connectivity index (χ4n) is 2.44. The van der Waals surface area contributed by atoms with Crippen LogP contribution in [0.5, 0.6) is 5.75 Å². The first-order valence-corrected chi connectivity index (χ1v) is 9.15. The Bertz CT molecular complexity index is 830.